The highest BCUT2D eigenvalue weighted by atomic mass is 35.5. The molecule has 1 atom stereocenters. The Morgan fingerprint density at radius 1 is 1.12 bits per heavy atom. The average molecular weight is 363 g/mol. The molecule has 6 heteroatoms. The van der Waals surface area contributed by atoms with Gasteiger partial charge in [0.15, 0.2) is 0 Å². The minimum absolute atomic E-state index is 0.0836. The standard InChI is InChI=1S/C18H16Cl2N2O2/c1-11-13(19)6-4-8-16(11)22-10-12(9-17(22)23)18(24)21-15-7-3-2-5-14(15)20/h2-8,12H,9-10H2,1H3,(H,21,24)/t12-/m1/s1. The summed E-state index contributed by atoms with van der Waals surface area (Å²) < 4.78 is 0. The third kappa shape index (κ3) is 3.25. The largest absolute Gasteiger partial charge is 0.324 e. The molecule has 1 fully saturated rings. The van der Waals surface area contributed by atoms with Crippen LogP contribution in [-0.2, 0) is 9.59 Å². The molecule has 0 bridgehead atoms. The van der Waals surface area contributed by atoms with Crippen LogP contribution in [0.3, 0.4) is 0 Å². The van der Waals surface area contributed by atoms with Crippen molar-refractivity contribution in [3.05, 3.63) is 58.1 Å². The van der Waals surface area contributed by atoms with Gasteiger partial charge in [-0.3, -0.25) is 9.59 Å². The van der Waals surface area contributed by atoms with Gasteiger partial charge in [-0.25, -0.2) is 0 Å². The van der Waals surface area contributed by atoms with E-state index in [0.717, 1.165) is 11.3 Å². The number of carbonyl (C=O) groups is 2. The highest BCUT2D eigenvalue weighted by Gasteiger charge is 2.36. The zero-order valence-electron chi connectivity index (χ0n) is 13.1. The van der Waals surface area contributed by atoms with Gasteiger partial charge in [0.1, 0.15) is 0 Å². The van der Waals surface area contributed by atoms with E-state index >= 15 is 0 Å². The van der Waals surface area contributed by atoms with E-state index in [1.807, 2.05) is 13.0 Å². The second-order valence-corrected chi connectivity index (χ2v) is 6.57. The molecule has 2 amide bonds. The summed E-state index contributed by atoms with van der Waals surface area (Å²) >= 11 is 12.2. The molecular weight excluding hydrogens is 347 g/mol. The fraction of sp³-hybridized carbons (Fsp3) is 0.222. The van der Waals surface area contributed by atoms with E-state index in [0.29, 0.717) is 22.3 Å². The molecule has 0 aliphatic carbocycles. The van der Waals surface area contributed by atoms with Gasteiger partial charge in [-0.15, -0.1) is 0 Å². The van der Waals surface area contributed by atoms with Gasteiger partial charge in [-0.1, -0.05) is 41.4 Å². The summed E-state index contributed by atoms with van der Waals surface area (Å²) in [5, 5.41) is 3.87. The van der Waals surface area contributed by atoms with E-state index in [1.54, 1.807) is 41.3 Å². The summed E-state index contributed by atoms with van der Waals surface area (Å²) in [6, 6.07) is 12.4. The summed E-state index contributed by atoms with van der Waals surface area (Å²) in [5.74, 6) is -0.717. The van der Waals surface area contributed by atoms with E-state index in [-0.39, 0.29) is 18.2 Å². The Morgan fingerprint density at radius 2 is 1.83 bits per heavy atom. The number of halogens is 2. The fourth-order valence-electron chi connectivity index (χ4n) is 2.80. The predicted octanol–water partition coefficient (Wildman–Crippen LogP) is 4.29. The second-order valence-electron chi connectivity index (χ2n) is 5.76. The molecule has 0 unspecified atom stereocenters. The summed E-state index contributed by atoms with van der Waals surface area (Å²) in [4.78, 5) is 26.4. The molecule has 1 heterocycles. The van der Waals surface area contributed by atoms with Crippen molar-refractivity contribution in [2.45, 2.75) is 13.3 Å². The van der Waals surface area contributed by atoms with Crippen LogP contribution in [0.15, 0.2) is 42.5 Å². The monoisotopic (exact) mass is 362 g/mol. The van der Waals surface area contributed by atoms with Crippen LogP contribution in [0.1, 0.15) is 12.0 Å². The molecule has 124 valence electrons. The van der Waals surface area contributed by atoms with E-state index in [2.05, 4.69) is 5.32 Å². The lowest BCUT2D eigenvalue weighted by Gasteiger charge is -2.19. The van der Waals surface area contributed by atoms with E-state index < -0.39 is 5.92 Å². The van der Waals surface area contributed by atoms with Gasteiger partial charge in [0.05, 0.1) is 16.6 Å². The number of nitrogens with zero attached hydrogens (tertiary/aromatic N) is 1. The van der Waals surface area contributed by atoms with Crippen LogP contribution < -0.4 is 10.2 Å². The first-order chi connectivity index (χ1) is 11.5. The Labute approximate surface area is 150 Å². The van der Waals surface area contributed by atoms with Gasteiger partial charge in [-0.05, 0) is 36.8 Å². The molecule has 0 radical (unpaired) electrons. The molecular formula is C18H16Cl2N2O2. The van der Waals surface area contributed by atoms with Gasteiger partial charge < -0.3 is 10.2 Å². The zero-order valence-corrected chi connectivity index (χ0v) is 14.6. The first-order valence-corrected chi connectivity index (χ1v) is 8.34. The number of hydrogen-bond acceptors (Lipinski definition) is 2. The Balaban J connectivity index is 1.76. The van der Waals surface area contributed by atoms with Crippen molar-refractivity contribution in [2.24, 2.45) is 5.92 Å². The SMILES string of the molecule is Cc1c(Cl)cccc1N1C[C@H](C(=O)Nc2ccccc2Cl)CC1=O. The lowest BCUT2D eigenvalue weighted by Crippen LogP contribution is -2.28. The van der Waals surface area contributed by atoms with Crippen LogP contribution in [0.25, 0.3) is 0 Å². The minimum Gasteiger partial charge on any atom is -0.324 e. The first kappa shape index (κ1) is 16.8. The molecule has 2 aromatic carbocycles. The molecule has 1 N–H and O–H groups in total. The van der Waals surface area contributed by atoms with E-state index in [9.17, 15) is 9.59 Å². The van der Waals surface area contributed by atoms with Crippen molar-refractivity contribution in [3.63, 3.8) is 0 Å². The molecule has 0 aromatic heterocycles. The van der Waals surface area contributed by atoms with E-state index in [1.165, 1.54) is 0 Å². The average Bonchev–Trinajstić information content (AvgIpc) is 2.94. The number of rotatable bonds is 3. The minimum atomic E-state index is -0.424. The topological polar surface area (TPSA) is 49.4 Å². The van der Waals surface area contributed by atoms with Gasteiger partial charge in [-0.2, -0.15) is 0 Å². The molecule has 1 saturated heterocycles. The number of anilines is 2. The maximum Gasteiger partial charge on any atom is 0.229 e. The lowest BCUT2D eigenvalue weighted by molar-refractivity contribution is -0.122. The normalized spacial score (nSPS) is 17.2. The fourth-order valence-corrected chi connectivity index (χ4v) is 3.15. The van der Waals surface area contributed by atoms with Crippen molar-refractivity contribution in [3.8, 4) is 0 Å². The molecule has 1 aliphatic heterocycles. The smallest absolute Gasteiger partial charge is 0.229 e. The Morgan fingerprint density at radius 3 is 2.58 bits per heavy atom. The number of para-hydroxylation sites is 1. The molecule has 3 rings (SSSR count). The number of amides is 2. The van der Waals surface area contributed by atoms with Gasteiger partial charge in [0.2, 0.25) is 11.8 Å². The number of benzene rings is 2. The van der Waals surface area contributed by atoms with Crippen molar-refractivity contribution >= 4 is 46.4 Å². The van der Waals surface area contributed by atoms with Gasteiger partial charge in [0.25, 0.3) is 0 Å². The molecule has 24 heavy (non-hydrogen) atoms. The maximum absolute atomic E-state index is 12.5. The zero-order chi connectivity index (χ0) is 17.3. The van der Waals surface area contributed by atoms with Crippen molar-refractivity contribution in [1.82, 2.24) is 0 Å². The summed E-state index contributed by atoms with van der Waals surface area (Å²) in [5.41, 5.74) is 2.13. The van der Waals surface area contributed by atoms with Crippen LogP contribution in [0.4, 0.5) is 11.4 Å². The van der Waals surface area contributed by atoms with Crippen LogP contribution in [0.2, 0.25) is 10.0 Å². The molecule has 2 aromatic rings. The Kier molecular flexibility index (Phi) is 4.78. The van der Waals surface area contributed by atoms with Crippen molar-refractivity contribution in [2.75, 3.05) is 16.8 Å². The molecule has 0 saturated carbocycles. The third-order valence-corrected chi connectivity index (χ3v) is 4.90. The molecule has 1 aliphatic rings. The van der Waals surface area contributed by atoms with Crippen LogP contribution in [-0.4, -0.2) is 18.4 Å². The Bertz CT molecular complexity index is 807. The van der Waals surface area contributed by atoms with Crippen LogP contribution in [0.5, 0.6) is 0 Å². The molecule has 4 nitrogen and oxygen atoms in total. The van der Waals surface area contributed by atoms with Crippen molar-refractivity contribution < 1.29 is 9.59 Å². The summed E-state index contributed by atoms with van der Waals surface area (Å²) in [7, 11) is 0. The summed E-state index contributed by atoms with van der Waals surface area (Å²) in [6.07, 6.45) is 0.169. The van der Waals surface area contributed by atoms with Crippen LogP contribution >= 0.6 is 23.2 Å². The number of carbonyl (C=O) groups excluding carboxylic acids is 2. The molecule has 0 spiro atoms. The first-order valence-electron chi connectivity index (χ1n) is 7.58. The van der Waals surface area contributed by atoms with E-state index in [4.69, 9.17) is 23.2 Å². The highest BCUT2D eigenvalue weighted by molar-refractivity contribution is 6.33. The highest BCUT2D eigenvalue weighted by Crippen LogP contribution is 2.32. The van der Waals surface area contributed by atoms with Crippen LogP contribution in [0, 0.1) is 12.8 Å². The summed E-state index contributed by atoms with van der Waals surface area (Å²) in [6.45, 7) is 2.19. The Hall–Kier alpha value is -2.04. The maximum atomic E-state index is 12.5. The number of nitrogens with one attached hydrogen (secondary N) is 1. The van der Waals surface area contributed by atoms with Gasteiger partial charge in [0, 0.05) is 23.7 Å². The predicted molar refractivity (Wildman–Crippen MR) is 96.7 cm³/mol. The quantitative estimate of drug-likeness (QED) is 0.884. The lowest BCUT2D eigenvalue weighted by atomic mass is 10.1. The van der Waals surface area contributed by atoms with Crippen molar-refractivity contribution in [1.29, 1.82) is 0 Å². The third-order valence-electron chi connectivity index (χ3n) is 4.16. The van der Waals surface area contributed by atoms with Gasteiger partial charge >= 0.3 is 0 Å². The second kappa shape index (κ2) is 6.83. The number of hydrogen-bond donors (Lipinski definition) is 1.